The van der Waals surface area contributed by atoms with E-state index in [1.807, 2.05) is 11.6 Å². The fourth-order valence-electron chi connectivity index (χ4n) is 3.70. The fraction of sp³-hybridized carbons (Fsp3) is 0. The minimum Gasteiger partial charge on any atom is -0.245 e. The maximum Gasteiger partial charge on any atom is 0.242 e. The van der Waals surface area contributed by atoms with Crippen molar-refractivity contribution < 1.29 is 0 Å². The molecule has 0 fully saturated rings. The highest BCUT2D eigenvalue weighted by Gasteiger charge is 2.32. The molecule has 1 nitrogen and oxygen atoms in total. The van der Waals surface area contributed by atoms with Crippen LogP contribution in [0.5, 0.6) is 0 Å². The Morgan fingerprint density at radius 3 is 1.92 bits per heavy atom. The number of rotatable bonds is 2. The summed E-state index contributed by atoms with van der Waals surface area (Å²) in [5.74, 6) is 0. The molecule has 0 spiro atoms. The van der Waals surface area contributed by atoms with E-state index in [9.17, 15) is 0 Å². The Morgan fingerprint density at radius 2 is 1.33 bits per heavy atom. The minimum atomic E-state index is 0.322. The van der Waals surface area contributed by atoms with Gasteiger partial charge in [-0.3, -0.25) is 0 Å². The summed E-state index contributed by atoms with van der Waals surface area (Å²) in [7, 11) is 0. The Morgan fingerprint density at radius 1 is 0.708 bits per heavy atom. The lowest BCUT2D eigenvalue weighted by Crippen LogP contribution is -2.48. The largest absolute Gasteiger partial charge is 0.245 e. The zero-order valence-electron chi connectivity index (χ0n) is 13.0. The second-order valence-corrected chi connectivity index (χ2v) is 6.96. The van der Waals surface area contributed by atoms with Crippen molar-refractivity contribution in [3.8, 4) is 21.7 Å². The summed E-state index contributed by atoms with van der Waals surface area (Å²) in [4.78, 5) is 4.40. The number of hydrogen-bond acceptors (Lipinski definition) is 2. The third-order valence-electron chi connectivity index (χ3n) is 4.76. The molecule has 4 aromatic rings. The normalized spacial score (nSPS) is 12.1. The highest BCUT2D eigenvalue weighted by atomic mass is 32.1. The van der Waals surface area contributed by atoms with Gasteiger partial charge in [-0.15, -0.1) is 11.3 Å². The molecule has 1 aromatic heterocycles. The standard InChI is InChI=1S/C21H14BNS/c1-3-7-19-17(5-1)18-6-2-4-8-20(18)22(19)16-11-9-15(10-12-16)21-23-13-14-24-21/h1-14H. The van der Waals surface area contributed by atoms with E-state index in [4.69, 9.17) is 0 Å². The zero-order valence-corrected chi connectivity index (χ0v) is 13.8. The molecular formula is C21H14BNS. The number of fused-ring (bicyclic) bond motifs is 3. The van der Waals surface area contributed by atoms with Crippen LogP contribution in [0.2, 0.25) is 0 Å². The lowest BCUT2D eigenvalue weighted by atomic mass is 9.39. The van der Waals surface area contributed by atoms with Gasteiger partial charge in [0.25, 0.3) is 0 Å². The van der Waals surface area contributed by atoms with Crippen molar-refractivity contribution in [1.29, 1.82) is 0 Å². The first-order valence-corrected chi connectivity index (χ1v) is 8.98. The topological polar surface area (TPSA) is 12.9 Å². The Kier molecular flexibility index (Phi) is 3.13. The average molecular weight is 323 g/mol. The third kappa shape index (κ3) is 2.05. The van der Waals surface area contributed by atoms with Crippen molar-refractivity contribution in [3.63, 3.8) is 0 Å². The summed E-state index contributed by atoms with van der Waals surface area (Å²) in [5.41, 5.74) is 8.06. The SMILES string of the molecule is c1ccc2c(c1)B(c1ccc(-c3nccs3)cc1)c1ccccc1-2. The van der Waals surface area contributed by atoms with E-state index in [1.165, 1.54) is 33.1 Å². The van der Waals surface area contributed by atoms with Gasteiger partial charge in [0.15, 0.2) is 0 Å². The van der Waals surface area contributed by atoms with Crippen molar-refractivity contribution in [1.82, 2.24) is 4.98 Å². The molecule has 0 aliphatic carbocycles. The van der Waals surface area contributed by atoms with Crippen molar-refractivity contribution in [2.24, 2.45) is 0 Å². The summed E-state index contributed by atoms with van der Waals surface area (Å²) >= 11 is 1.68. The molecule has 1 aliphatic rings. The molecule has 0 bridgehead atoms. The molecule has 0 radical (unpaired) electrons. The van der Waals surface area contributed by atoms with Gasteiger partial charge >= 0.3 is 0 Å². The lowest BCUT2D eigenvalue weighted by molar-refractivity contribution is 1.42. The third-order valence-corrected chi connectivity index (χ3v) is 5.58. The van der Waals surface area contributed by atoms with Crippen LogP contribution < -0.4 is 16.4 Å². The Labute approximate surface area is 145 Å². The maximum atomic E-state index is 4.40. The molecular weight excluding hydrogens is 309 g/mol. The molecule has 3 aromatic carbocycles. The van der Waals surface area contributed by atoms with E-state index < -0.39 is 0 Å². The zero-order chi connectivity index (χ0) is 15.9. The van der Waals surface area contributed by atoms with E-state index in [0.29, 0.717) is 6.71 Å². The van der Waals surface area contributed by atoms with Crippen LogP contribution in [-0.2, 0) is 0 Å². The van der Waals surface area contributed by atoms with Crippen molar-refractivity contribution in [3.05, 3.63) is 84.4 Å². The molecule has 0 saturated heterocycles. The van der Waals surface area contributed by atoms with Crippen molar-refractivity contribution in [2.75, 3.05) is 0 Å². The van der Waals surface area contributed by atoms with Gasteiger partial charge in [0.2, 0.25) is 6.71 Å². The van der Waals surface area contributed by atoms with Crippen LogP contribution in [0, 0.1) is 0 Å². The highest BCUT2D eigenvalue weighted by Crippen LogP contribution is 2.24. The van der Waals surface area contributed by atoms with Gasteiger partial charge in [-0.1, -0.05) is 89.2 Å². The van der Waals surface area contributed by atoms with E-state index in [1.54, 1.807) is 11.3 Å². The first-order chi connectivity index (χ1) is 11.9. The van der Waals surface area contributed by atoms with Crippen LogP contribution in [0.15, 0.2) is 84.4 Å². The molecule has 1 aliphatic heterocycles. The van der Waals surface area contributed by atoms with Crippen molar-refractivity contribution in [2.45, 2.75) is 0 Å². The monoisotopic (exact) mass is 323 g/mol. The van der Waals surface area contributed by atoms with Crippen LogP contribution in [0.25, 0.3) is 21.7 Å². The van der Waals surface area contributed by atoms with Gasteiger partial charge in [0.05, 0.1) is 0 Å². The van der Waals surface area contributed by atoms with Crippen LogP contribution in [0.1, 0.15) is 0 Å². The second-order valence-electron chi connectivity index (χ2n) is 6.07. The van der Waals surface area contributed by atoms with E-state index in [-0.39, 0.29) is 0 Å². The Balaban J connectivity index is 1.64. The van der Waals surface area contributed by atoms with Gasteiger partial charge in [0.1, 0.15) is 5.01 Å². The molecule has 5 rings (SSSR count). The Bertz CT molecular complexity index is 961. The summed E-state index contributed by atoms with van der Waals surface area (Å²) in [5, 5.41) is 3.10. The van der Waals surface area contributed by atoms with E-state index in [0.717, 1.165) is 5.01 Å². The predicted molar refractivity (Wildman–Crippen MR) is 104 cm³/mol. The average Bonchev–Trinajstić information content (AvgIpc) is 3.28. The molecule has 0 unspecified atom stereocenters. The molecule has 0 saturated carbocycles. The van der Waals surface area contributed by atoms with Crippen molar-refractivity contribution >= 4 is 34.4 Å². The van der Waals surface area contributed by atoms with Gasteiger partial charge in [-0.25, -0.2) is 4.98 Å². The van der Waals surface area contributed by atoms with Gasteiger partial charge in [0, 0.05) is 17.1 Å². The summed E-state index contributed by atoms with van der Waals surface area (Å²) in [6.07, 6.45) is 1.86. The Hall–Kier alpha value is -2.65. The van der Waals surface area contributed by atoms with E-state index in [2.05, 4.69) is 77.8 Å². The quantitative estimate of drug-likeness (QED) is 0.454. The fourth-order valence-corrected chi connectivity index (χ4v) is 4.34. The molecule has 112 valence electrons. The maximum absolute atomic E-state index is 4.40. The summed E-state index contributed by atoms with van der Waals surface area (Å²) in [6, 6.07) is 26.4. The van der Waals surface area contributed by atoms with Gasteiger partial charge in [-0.05, 0) is 11.1 Å². The van der Waals surface area contributed by atoms with Crippen LogP contribution in [0.3, 0.4) is 0 Å². The lowest BCUT2D eigenvalue weighted by Gasteiger charge is -2.11. The molecule has 0 N–H and O–H groups in total. The number of aromatic nitrogens is 1. The summed E-state index contributed by atoms with van der Waals surface area (Å²) < 4.78 is 0. The smallest absolute Gasteiger partial charge is 0.242 e. The minimum absolute atomic E-state index is 0.322. The number of benzene rings is 3. The predicted octanol–water partition coefficient (Wildman–Crippen LogP) is 3.31. The molecule has 0 amide bonds. The second kappa shape index (κ2) is 5.46. The molecule has 0 atom stereocenters. The van der Waals surface area contributed by atoms with Crippen LogP contribution in [-0.4, -0.2) is 11.7 Å². The van der Waals surface area contributed by atoms with Crippen LogP contribution >= 0.6 is 11.3 Å². The number of thiazole rings is 1. The van der Waals surface area contributed by atoms with Crippen LogP contribution in [0.4, 0.5) is 0 Å². The molecule has 2 heterocycles. The van der Waals surface area contributed by atoms with E-state index >= 15 is 0 Å². The first-order valence-electron chi connectivity index (χ1n) is 8.10. The molecule has 3 heteroatoms. The molecule has 24 heavy (non-hydrogen) atoms. The highest BCUT2D eigenvalue weighted by molar-refractivity contribution is 7.13. The first kappa shape index (κ1) is 13.8. The summed E-state index contributed by atoms with van der Waals surface area (Å²) in [6.45, 7) is 0.322. The van der Waals surface area contributed by atoms with Gasteiger partial charge < -0.3 is 0 Å². The van der Waals surface area contributed by atoms with Gasteiger partial charge in [-0.2, -0.15) is 0 Å². The number of hydrogen-bond donors (Lipinski definition) is 0. The number of nitrogens with zero attached hydrogens (tertiary/aromatic N) is 1.